The molecule has 0 amide bonds. The predicted molar refractivity (Wildman–Crippen MR) is 61.3 cm³/mol. The summed E-state index contributed by atoms with van der Waals surface area (Å²) in [5, 5.41) is 23.8. The molecule has 0 spiro atoms. The third-order valence-electron chi connectivity index (χ3n) is 1.80. The summed E-state index contributed by atoms with van der Waals surface area (Å²) in [4.78, 5) is 4.36. The Kier molecular flexibility index (Phi) is 3.86. The number of thioether (sulfide) groups is 1. The lowest BCUT2D eigenvalue weighted by atomic mass is 10.6. The minimum Gasteiger partial charge on any atom is -0.394 e. The summed E-state index contributed by atoms with van der Waals surface area (Å²) < 4.78 is 1.59. The summed E-state index contributed by atoms with van der Waals surface area (Å²) in [5.41, 5.74) is 1.04. The second kappa shape index (κ2) is 5.37. The van der Waals surface area contributed by atoms with Crippen molar-refractivity contribution in [2.45, 2.75) is 24.4 Å². The lowest BCUT2D eigenvalue weighted by molar-refractivity contribution is 0.262. The lowest BCUT2D eigenvalue weighted by Gasteiger charge is -1.99. The molecule has 2 aromatic heterocycles. The number of aryl methyl sites for hydroxylation is 1. The highest BCUT2D eigenvalue weighted by molar-refractivity contribution is 7.98. The molecule has 0 aliphatic heterocycles. The Morgan fingerprint density at radius 3 is 3.12 bits per heavy atom. The molecule has 0 saturated heterocycles. The fourth-order valence-electron chi connectivity index (χ4n) is 1.13. The number of nitrogens with zero attached hydrogens (tertiary/aromatic N) is 5. The highest BCUT2D eigenvalue weighted by Gasteiger charge is 2.07. The van der Waals surface area contributed by atoms with E-state index < -0.39 is 0 Å². The monoisotopic (exact) mass is 257 g/mol. The largest absolute Gasteiger partial charge is 0.394 e. The van der Waals surface area contributed by atoms with Gasteiger partial charge in [0.2, 0.25) is 5.16 Å². The number of aliphatic hydroxyl groups excluding tert-OH is 1. The van der Waals surface area contributed by atoms with Crippen LogP contribution in [0.4, 0.5) is 0 Å². The van der Waals surface area contributed by atoms with Gasteiger partial charge in [0.1, 0.15) is 5.01 Å². The van der Waals surface area contributed by atoms with Crippen molar-refractivity contribution in [3.8, 4) is 0 Å². The van der Waals surface area contributed by atoms with Gasteiger partial charge in [0.05, 0.1) is 18.9 Å². The number of aliphatic hydroxyl groups is 1. The van der Waals surface area contributed by atoms with Crippen molar-refractivity contribution < 1.29 is 5.11 Å². The van der Waals surface area contributed by atoms with E-state index >= 15 is 0 Å². The summed E-state index contributed by atoms with van der Waals surface area (Å²) in [6, 6.07) is 0. The second-order valence-electron chi connectivity index (χ2n) is 3.08. The summed E-state index contributed by atoms with van der Waals surface area (Å²) in [7, 11) is 0. The second-order valence-corrected chi connectivity index (χ2v) is 4.96. The minimum atomic E-state index is 0.0367. The van der Waals surface area contributed by atoms with E-state index in [0.29, 0.717) is 11.7 Å². The molecule has 6 nitrogen and oxygen atoms in total. The summed E-state index contributed by atoms with van der Waals surface area (Å²) in [6.45, 7) is 2.43. The Morgan fingerprint density at radius 1 is 1.56 bits per heavy atom. The molecule has 16 heavy (non-hydrogen) atoms. The minimum absolute atomic E-state index is 0.0367. The maximum atomic E-state index is 8.82. The number of thiazole rings is 1. The van der Waals surface area contributed by atoms with Gasteiger partial charge in [0, 0.05) is 11.1 Å². The van der Waals surface area contributed by atoms with Crippen molar-refractivity contribution in [1.29, 1.82) is 0 Å². The van der Waals surface area contributed by atoms with E-state index in [0.717, 1.165) is 16.5 Å². The molecule has 0 atom stereocenters. The fourth-order valence-corrected chi connectivity index (χ4v) is 2.82. The topological polar surface area (TPSA) is 76.7 Å². The average Bonchev–Trinajstić information content (AvgIpc) is 2.85. The molecule has 0 aromatic carbocycles. The average molecular weight is 257 g/mol. The van der Waals surface area contributed by atoms with E-state index in [-0.39, 0.29) is 6.61 Å². The number of tetrazole rings is 1. The fraction of sp³-hybridized carbons (Fsp3) is 0.500. The molecular weight excluding hydrogens is 246 g/mol. The van der Waals surface area contributed by atoms with Crippen molar-refractivity contribution in [3.63, 3.8) is 0 Å². The molecule has 0 bridgehead atoms. The Morgan fingerprint density at radius 2 is 2.44 bits per heavy atom. The highest BCUT2D eigenvalue weighted by atomic mass is 32.2. The van der Waals surface area contributed by atoms with E-state index in [1.54, 1.807) is 16.0 Å². The molecule has 8 heteroatoms. The summed E-state index contributed by atoms with van der Waals surface area (Å²) >= 11 is 3.16. The Labute approximate surface area is 101 Å². The first-order valence-electron chi connectivity index (χ1n) is 4.70. The van der Waals surface area contributed by atoms with Crippen LogP contribution in [-0.4, -0.2) is 36.9 Å². The van der Waals surface area contributed by atoms with Gasteiger partial charge in [0.15, 0.2) is 0 Å². The van der Waals surface area contributed by atoms with Gasteiger partial charge in [-0.15, -0.1) is 16.4 Å². The van der Waals surface area contributed by atoms with E-state index in [1.165, 1.54) is 11.8 Å². The Hall–Kier alpha value is -0.990. The molecule has 2 rings (SSSR count). The Bertz CT molecular complexity index is 455. The van der Waals surface area contributed by atoms with Gasteiger partial charge in [-0.1, -0.05) is 11.8 Å². The zero-order valence-electron chi connectivity index (χ0n) is 8.70. The first kappa shape index (κ1) is 11.5. The van der Waals surface area contributed by atoms with Gasteiger partial charge in [-0.2, -0.15) is 0 Å². The Balaban J connectivity index is 1.96. The standard InChI is InChI=1S/C8H11N5OS2/c1-6-4-15-7(9-6)5-16-8-10-11-12-13(8)2-3-14/h4,14H,2-3,5H2,1H3. The van der Waals surface area contributed by atoms with E-state index in [4.69, 9.17) is 5.11 Å². The van der Waals surface area contributed by atoms with Crippen molar-refractivity contribution in [2.75, 3.05) is 6.61 Å². The molecule has 0 radical (unpaired) electrons. The van der Waals surface area contributed by atoms with E-state index in [9.17, 15) is 0 Å². The highest BCUT2D eigenvalue weighted by Crippen LogP contribution is 2.21. The lowest BCUT2D eigenvalue weighted by Crippen LogP contribution is -2.05. The maximum absolute atomic E-state index is 8.82. The van der Waals surface area contributed by atoms with Gasteiger partial charge in [-0.25, -0.2) is 9.67 Å². The smallest absolute Gasteiger partial charge is 0.209 e. The third kappa shape index (κ3) is 2.77. The van der Waals surface area contributed by atoms with Crippen LogP contribution in [0.15, 0.2) is 10.5 Å². The van der Waals surface area contributed by atoms with Crippen LogP contribution < -0.4 is 0 Å². The SMILES string of the molecule is Cc1csc(CSc2nnnn2CCO)n1. The van der Waals surface area contributed by atoms with Crippen molar-refractivity contribution in [2.24, 2.45) is 0 Å². The molecule has 86 valence electrons. The van der Waals surface area contributed by atoms with Gasteiger partial charge < -0.3 is 5.11 Å². The third-order valence-corrected chi connectivity index (χ3v) is 3.92. The van der Waals surface area contributed by atoms with Crippen LogP contribution in [0, 0.1) is 6.92 Å². The van der Waals surface area contributed by atoms with Gasteiger partial charge in [-0.05, 0) is 17.4 Å². The molecular formula is C8H11N5OS2. The summed E-state index contributed by atoms with van der Waals surface area (Å²) in [6.07, 6.45) is 0. The molecule has 1 N–H and O–H groups in total. The molecule has 0 unspecified atom stereocenters. The zero-order valence-corrected chi connectivity index (χ0v) is 10.3. The predicted octanol–water partition coefficient (Wildman–Crippen LogP) is 0.723. The number of hydrogen-bond acceptors (Lipinski definition) is 7. The molecule has 0 aliphatic carbocycles. The molecule has 0 aliphatic rings. The van der Waals surface area contributed by atoms with E-state index in [1.807, 2.05) is 12.3 Å². The number of aromatic nitrogens is 5. The van der Waals surface area contributed by atoms with Crippen LogP contribution in [0.5, 0.6) is 0 Å². The van der Waals surface area contributed by atoms with Gasteiger partial charge >= 0.3 is 0 Å². The van der Waals surface area contributed by atoms with Crippen molar-refractivity contribution >= 4 is 23.1 Å². The van der Waals surface area contributed by atoms with Crippen LogP contribution in [-0.2, 0) is 12.3 Å². The molecule has 0 saturated carbocycles. The van der Waals surface area contributed by atoms with E-state index in [2.05, 4.69) is 20.5 Å². The molecule has 2 aromatic rings. The first-order chi connectivity index (χ1) is 7.79. The van der Waals surface area contributed by atoms with Gasteiger partial charge in [0.25, 0.3) is 0 Å². The van der Waals surface area contributed by atoms with Crippen LogP contribution in [0.3, 0.4) is 0 Å². The van der Waals surface area contributed by atoms with Crippen LogP contribution in [0.1, 0.15) is 10.7 Å². The summed E-state index contributed by atoms with van der Waals surface area (Å²) in [5.74, 6) is 0.754. The van der Waals surface area contributed by atoms with Gasteiger partial charge in [-0.3, -0.25) is 0 Å². The first-order valence-corrected chi connectivity index (χ1v) is 6.57. The maximum Gasteiger partial charge on any atom is 0.209 e. The molecule has 0 fully saturated rings. The normalized spacial score (nSPS) is 10.9. The quantitative estimate of drug-likeness (QED) is 0.795. The molecule has 2 heterocycles. The van der Waals surface area contributed by atoms with Crippen LogP contribution in [0.2, 0.25) is 0 Å². The van der Waals surface area contributed by atoms with Crippen molar-refractivity contribution in [3.05, 3.63) is 16.1 Å². The van der Waals surface area contributed by atoms with Crippen molar-refractivity contribution in [1.82, 2.24) is 25.2 Å². The van der Waals surface area contributed by atoms with Crippen LogP contribution in [0.25, 0.3) is 0 Å². The number of rotatable bonds is 5. The number of hydrogen-bond donors (Lipinski definition) is 1. The zero-order chi connectivity index (χ0) is 11.4. The van der Waals surface area contributed by atoms with Crippen LogP contribution >= 0.6 is 23.1 Å².